The quantitative estimate of drug-likeness (QED) is 0.873. The van der Waals surface area contributed by atoms with Gasteiger partial charge in [0.05, 0.1) is 24.8 Å². The summed E-state index contributed by atoms with van der Waals surface area (Å²) in [6, 6.07) is 0. The van der Waals surface area contributed by atoms with Crippen LogP contribution in [0.3, 0.4) is 0 Å². The minimum Gasteiger partial charge on any atom is -0.369 e. The third kappa shape index (κ3) is 2.19. The first kappa shape index (κ1) is 12.2. The molecule has 1 unspecified atom stereocenters. The second-order valence-electron chi connectivity index (χ2n) is 5.81. The molecule has 0 radical (unpaired) electrons. The lowest BCUT2D eigenvalue weighted by Crippen LogP contribution is -2.38. The van der Waals surface area contributed by atoms with Crippen LogP contribution in [0.1, 0.15) is 50.8 Å². The Bertz CT molecular complexity index is 389. The number of aromatic nitrogens is 2. The van der Waals surface area contributed by atoms with E-state index in [1.807, 2.05) is 12.5 Å². The second-order valence-corrected chi connectivity index (χ2v) is 5.81. The van der Waals surface area contributed by atoms with Crippen LogP contribution < -0.4 is 5.32 Å². The minimum absolute atomic E-state index is 0.167. The van der Waals surface area contributed by atoms with Crippen molar-refractivity contribution < 1.29 is 4.74 Å². The molecular formula is C14H23N3O. The molecule has 100 valence electrons. The molecule has 3 rings (SSSR count). The molecule has 4 heteroatoms. The molecule has 0 amide bonds. The number of imidazole rings is 1. The van der Waals surface area contributed by atoms with Crippen molar-refractivity contribution in [3.63, 3.8) is 0 Å². The summed E-state index contributed by atoms with van der Waals surface area (Å²) < 4.78 is 8.25. The normalized spacial score (nSPS) is 28.2. The third-order valence-corrected chi connectivity index (χ3v) is 4.44. The second kappa shape index (κ2) is 5.02. The van der Waals surface area contributed by atoms with Gasteiger partial charge in [-0.2, -0.15) is 0 Å². The molecule has 4 nitrogen and oxygen atoms in total. The summed E-state index contributed by atoms with van der Waals surface area (Å²) in [4.78, 5) is 4.37. The van der Waals surface area contributed by atoms with Gasteiger partial charge in [0, 0.05) is 18.6 Å². The van der Waals surface area contributed by atoms with Crippen molar-refractivity contribution in [1.82, 2.24) is 14.9 Å². The number of rotatable bonds is 2. The van der Waals surface area contributed by atoms with Crippen molar-refractivity contribution >= 4 is 0 Å². The number of nitrogens with one attached hydrogen (secondary N) is 1. The van der Waals surface area contributed by atoms with Crippen molar-refractivity contribution in [1.29, 1.82) is 0 Å². The number of morpholine rings is 1. The predicted octanol–water partition coefficient (Wildman–Crippen LogP) is 2.22. The van der Waals surface area contributed by atoms with E-state index in [2.05, 4.69) is 21.8 Å². The first-order chi connectivity index (χ1) is 8.80. The third-order valence-electron chi connectivity index (χ3n) is 4.44. The highest BCUT2D eigenvalue weighted by Crippen LogP contribution is 2.36. The molecule has 0 aromatic carbocycles. The summed E-state index contributed by atoms with van der Waals surface area (Å²) >= 11 is 0. The maximum absolute atomic E-state index is 5.88. The Kier molecular flexibility index (Phi) is 3.39. The molecule has 1 aromatic heterocycles. The average molecular weight is 249 g/mol. The summed E-state index contributed by atoms with van der Waals surface area (Å²) in [6.45, 7) is 5.03. The van der Waals surface area contributed by atoms with Crippen LogP contribution >= 0.6 is 0 Å². The van der Waals surface area contributed by atoms with Crippen LogP contribution in [0.25, 0.3) is 0 Å². The van der Waals surface area contributed by atoms with Gasteiger partial charge in [0.15, 0.2) is 0 Å². The number of ether oxygens (including phenoxy) is 1. The summed E-state index contributed by atoms with van der Waals surface area (Å²) in [6.07, 6.45) is 10.7. The molecule has 1 atom stereocenters. The van der Waals surface area contributed by atoms with Crippen molar-refractivity contribution in [2.75, 3.05) is 19.7 Å². The zero-order chi connectivity index (χ0) is 12.4. The molecule has 1 aromatic rings. The average Bonchev–Trinajstić information content (AvgIpc) is 2.91. The molecule has 0 spiro atoms. The maximum Gasteiger partial charge on any atom is 0.111 e. The van der Waals surface area contributed by atoms with E-state index >= 15 is 0 Å². The fraction of sp³-hybridized carbons (Fsp3) is 0.786. The van der Waals surface area contributed by atoms with Gasteiger partial charge in [-0.05, 0) is 19.8 Å². The lowest BCUT2D eigenvalue weighted by Gasteiger charge is -2.38. The Hall–Kier alpha value is -0.870. The zero-order valence-corrected chi connectivity index (χ0v) is 11.2. The number of hydrogen-bond acceptors (Lipinski definition) is 3. The van der Waals surface area contributed by atoms with Crippen molar-refractivity contribution in [2.24, 2.45) is 0 Å². The fourth-order valence-electron chi connectivity index (χ4n) is 3.30. The van der Waals surface area contributed by atoms with E-state index < -0.39 is 0 Å². The number of hydrogen-bond donors (Lipinski definition) is 1. The maximum atomic E-state index is 5.88. The van der Waals surface area contributed by atoms with Gasteiger partial charge >= 0.3 is 0 Å². The van der Waals surface area contributed by atoms with Gasteiger partial charge in [-0.3, -0.25) is 0 Å². The standard InChI is InChI=1S/C14H23N3O/c1-14(5-3-2-4-6-14)17-11-16-9-12(17)13-10-15-7-8-18-13/h9,11,13,15H,2-8,10H2,1H3. The van der Waals surface area contributed by atoms with Gasteiger partial charge < -0.3 is 14.6 Å². The molecule has 18 heavy (non-hydrogen) atoms. The zero-order valence-electron chi connectivity index (χ0n) is 11.2. The highest BCUT2D eigenvalue weighted by atomic mass is 16.5. The molecule has 2 heterocycles. The summed E-state index contributed by atoms with van der Waals surface area (Å²) in [5.74, 6) is 0. The summed E-state index contributed by atoms with van der Waals surface area (Å²) in [5, 5.41) is 3.40. The van der Waals surface area contributed by atoms with Crippen molar-refractivity contribution in [3.8, 4) is 0 Å². The van der Waals surface area contributed by atoms with Crippen LogP contribution in [0, 0.1) is 0 Å². The van der Waals surface area contributed by atoms with E-state index in [-0.39, 0.29) is 11.6 Å². The van der Waals surface area contributed by atoms with Crippen LogP contribution in [0.15, 0.2) is 12.5 Å². The van der Waals surface area contributed by atoms with Crippen LogP contribution in [0.5, 0.6) is 0 Å². The molecule has 1 saturated carbocycles. The first-order valence-electron chi connectivity index (χ1n) is 7.15. The Morgan fingerprint density at radius 1 is 1.39 bits per heavy atom. The largest absolute Gasteiger partial charge is 0.369 e. The first-order valence-corrected chi connectivity index (χ1v) is 7.15. The molecule has 1 aliphatic carbocycles. The number of nitrogens with zero attached hydrogens (tertiary/aromatic N) is 2. The van der Waals surface area contributed by atoms with Crippen molar-refractivity contribution in [3.05, 3.63) is 18.2 Å². The van der Waals surface area contributed by atoms with Crippen LogP contribution in [-0.2, 0) is 10.3 Å². The van der Waals surface area contributed by atoms with E-state index in [1.165, 1.54) is 37.8 Å². The molecule has 2 aliphatic rings. The van der Waals surface area contributed by atoms with E-state index in [0.717, 1.165) is 19.7 Å². The molecule has 0 bridgehead atoms. The van der Waals surface area contributed by atoms with Crippen molar-refractivity contribution in [2.45, 2.75) is 50.7 Å². The van der Waals surface area contributed by atoms with E-state index in [1.54, 1.807) is 0 Å². The minimum atomic E-state index is 0.167. The fourth-order valence-corrected chi connectivity index (χ4v) is 3.30. The van der Waals surface area contributed by atoms with Gasteiger partial charge in [-0.1, -0.05) is 19.3 Å². The molecule has 1 aliphatic heterocycles. The van der Waals surface area contributed by atoms with Crippen LogP contribution in [-0.4, -0.2) is 29.2 Å². The predicted molar refractivity (Wildman–Crippen MR) is 70.5 cm³/mol. The van der Waals surface area contributed by atoms with Crippen LogP contribution in [0.2, 0.25) is 0 Å². The molecular weight excluding hydrogens is 226 g/mol. The topological polar surface area (TPSA) is 39.1 Å². The summed E-state index contributed by atoms with van der Waals surface area (Å²) in [5.41, 5.74) is 1.48. The Labute approximate surface area is 109 Å². The highest BCUT2D eigenvalue weighted by Gasteiger charge is 2.32. The van der Waals surface area contributed by atoms with E-state index in [4.69, 9.17) is 4.74 Å². The van der Waals surface area contributed by atoms with E-state index in [0.29, 0.717) is 0 Å². The van der Waals surface area contributed by atoms with Gasteiger partial charge in [-0.25, -0.2) is 4.98 Å². The van der Waals surface area contributed by atoms with E-state index in [9.17, 15) is 0 Å². The lowest BCUT2D eigenvalue weighted by molar-refractivity contribution is 0.0185. The smallest absolute Gasteiger partial charge is 0.111 e. The van der Waals surface area contributed by atoms with Gasteiger partial charge in [0.2, 0.25) is 0 Å². The Morgan fingerprint density at radius 3 is 2.94 bits per heavy atom. The summed E-state index contributed by atoms with van der Waals surface area (Å²) in [7, 11) is 0. The Balaban J connectivity index is 1.85. The lowest BCUT2D eigenvalue weighted by atomic mass is 9.83. The SMILES string of the molecule is CC1(n2cncc2C2CNCCO2)CCCCC1. The van der Waals surface area contributed by atoms with Gasteiger partial charge in [-0.15, -0.1) is 0 Å². The van der Waals surface area contributed by atoms with Crippen LogP contribution in [0.4, 0.5) is 0 Å². The Morgan fingerprint density at radius 2 is 2.22 bits per heavy atom. The molecule has 1 N–H and O–H groups in total. The molecule has 2 fully saturated rings. The highest BCUT2D eigenvalue weighted by molar-refractivity contribution is 5.09. The van der Waals surface area contributed by atoms with Gasteiger partial charge in [0.25, 0.3) is 0 Å². The van der Waals surface area contributed by atoms with Gasteiger partial charge in [0.1, 0.15) is 6.10 Å². The monoisotopic (exact) mass is 249 g/mol. The molecule has 1 saturated heterocycles.